The largest absolute Gasteiger partial charge is 0.342 e. The van der Waals surface area contributed by atoms with E-state index in [2.05, 4.69) is 22.1 Å². The second kappa shape index (κ2) is 5.58. The summed E-state index contributed by atoms with van der Waals surface area (Å²) >= 11 is 6.41. The molecule has 3 nitrogen and oxygen atoms in total. The molecule has 2 aromatic heterocycles. The number of hydrogen-bond donors (Lipinski definition) is 1. The van der Waals surface area contributed by atoms with Crippen LogP contribution < -0.4 is 0 Å². The lowest BCUT2D eigenvalue weighted by Crippen LogP contribution is -2.00. The number of pyridine rings is 1. The monoisotopic (exact) mass is 309 g/mol. The molecule has 0 radical (unpaired) electrons. The molecule has 0 saturated carbocycles. The molecule has 0 bridgehead atoms. The summed E-state index contributed by atoms with van der Waals surface area (Å²) in [5.41, 5.74) is 5.51. The van der Waals surface area contributed by atoms with E-state index in [4.69, 9.17) is 16.6 Å². The highest BCUT2D eigenvalue weighted by molar-refractivity contribution is 6.32. The molecule has 1 aromatic carbocycles. The van der Waals surface area contributed by atoms with Crippen LogP contribution in [-0.4, -0.2) is 15.0 Å². The minimum atomic E-state index is 0.493. The highest BCUT2D eigenvalue weighted by Crippen LogP contribution is 2.36. The molecule has 1 N–H and O–H groups in total. The van der Waals surface area contributed by atoms with Crippen LogP contribution in [0.1, 0.15) is 24.2 Å². The number of rotatable bonds is 2. The van der Waals surface area contributed by atoms with Crippen LogP contribution in [0.4, 0.5) is 0 Å². The SMILES string of the molecule is Clc1nccc(-c2ccccc2)c1-c1nc2c([nH]1)CCCC2. The van der Waals surface area contributed by atoms with Crippen molar-refractivity contribution >= 4 is 11.6 Å². The van der Waals surface area contributed by atoms with Gasteiger partial charge in [-0.15, -0.1) is 0 Å². The number of H-pyrrole nitrogens is 1. The van der Waals surface area contributed by atoms with Gasteiger partial charge in [-0.3, -0.25) is 0 Å². The summed E-state index contributed by atoms with van der Waals surface area (Å²) < 4.78 is 0. The van der Waals surface area contributed by atoms with Crippen molar-refractivity contribution in [2.45, 2.75) is 25.7 Å². The van der Waals surface area contributed by atoms with Crippen LogP contribution in [0.2, 0.25) is 5.15 Å². The van der Waals surface area contributed by atoms with Crippen molar-refractivity contribution in [2.24, 2.45) is 0 Å². The van der Waals surface area contributed by atoms with Gasteiger partial charge in [0.25, 0.3) is 0 Å². The molecule has 4 rings (SSSR count). The maximum atomic E-state index is 6.41. The van der Waals surface area contributed by atoms with Gasteiger partial charge in [-0.05, 0) is 42.9 Å². The molecule has 0 fully saturated rings. The molecule has 0 spiro atoms. The minimum absolute atomic E-state index is 0.493. The van der Waals surface area contributed by atoms with Gasteiger partial charge in [-0.25, -0.2) is 9.97 Å². The van der Waals surface area contributed by atoms with Crippen LogP contribution in [0.15, 0.2) is 42.6 Å². The average Bonchev–Trinajstić information content (AvgIpc) is 2.99. The Morgan fingerprint density at radius 2 is 1.82 bits per heavy atom. The van der Waals surface area contributed by atoms with Crippen molar-refractivity contribution in [1.82, 2.24) is 15.0 Å². The Kier molecular flexibility index (Phi) is 3.43. The molecule has 1 aliphatic rings. The number of aryl methyl sites for hydroxylation is 2. The van der Waals surface area contributed by atoms with Crippen molar-refractivity contribution in [2.75, 3.05) is 0 Å². The second-order valence-corrected chi connectivity index (χ2v) is 5.97. The Labute approximate surface area is 134 Å². The highest BCUT2D eigenvalue weighted by atomic mass is 35.5. The lowest BCUT2D eigenvalue weighted by molar-refractivity contribution is 0.667. The van der Waals surface area contributed by atoms with Gasteiger partial charge >= 0.3 is 0 Å². The highest BCUT2D eigenvalue weighted by Gasteiger charge is 2.19. The maximum absolute atomic E-state index is 6.41. The summed E-state index contributed by atoms with van der Waals surface area (Å²) in [6, 6.07) is 12.2. The molecule has 0 saturated heterocycles. The van der Waals surface area contributed by atoms with E-state index in [9.17, 15) is 0 Å². The van der Waals surface area contributed by atoms with Crippen molar-refractivity contribution < 1.29 is 0 Å². The first-order valence-electron chi connectivity index (χ1n) is 7.61. The third kappa shape index (κ3) is 2.32. The number of benzene rings is 1. The molecule has 0 amide bonds. The van der Waals surface area contributed by atoms with Gasteiger partial charge in [-0.1, -0.05) is 41.9 Å². The van der Waals surface area contributed by atoms with E-state index < -0.39 is 0 Å². The number of aromatic nitrogens is 3. The molecule has 2 heterocycles. The van der Waals surface area contributed by atoms with Crippen LogP contribution >= 0.6 is 11.6 Å². The van der Waals surface area contributed by atoms with E-state index in [1.165, 1.54) is 24.2 Å². The quantitative estimate of drug-likeness (QED) is 0.699. The second-order valence-electron chi connectivity index (χ2n) is 5.61. The molecule has 0 atom stereocenters. The average molecular weight is 310 g/mol. The standard InChI is InChI=1S/C18H16ClN3/c19-17-16(18-21-14-8-4-5-9-15(14)22-18)13(10-11-20-17)12-6-2-1-3-7-12/h1-3,6-7,10-11H,4-5,8-9H2,(H,21,22). The van der Waals surface area contributed by atoms with Crippen LogP contribution in [0.3, 0.4) is 0 Å². The molecule has 1 aliphatic carbocycles. The lowest BCUT2D eigenvalue weighted by Gasteiger charge is -2.09. The van der Waals surface area contributed by atoms with E-state index >= 15 is 0 Å². The minimum Gasteiger partial charge on any atom is -0.342 e. The van der Waals surface area contributed by atoms with Crippen molar-refractivity contribution in [1.29, 1.82) is 0 Å². The number of imidazole rings is 1. The normalized spacial score (nSPS) is 13.9. The Morgan fingerprint density at radius 1 is 1.00 bits per heavy atom. The molecule has 110 valence electrons. The molecular weight excluding hydrogens is 294 g/mol. The number of fused-ring (bicyclic) bond motifs is 1. The molecule has 0 unspecified atom stereocenters. The van der Waals surface area contributed by atoms with E-state index in [0.717, 1.165) is 35.4 Å². The molecule has 22 heavy (non-hydrogen) atoms. The van der Waals surface area contributed by atoms with Gasteiger partial charge in [0.05, 0.1) is 11.3 Å². The third-order valence-electron chi connectivity index (χ3n) is 4.18. The summed E-state index contributed by atoms with van der Waals surface area (Å²) in [5.74, 6) is 0.837. The number of hydrogen-bond acceptors (Lipinski definition) is 2. The summed E-state index contributed by atoms with van der Waals surface area (Å²) in [4.78, 5) is 12.5. The Hall–Kier alpha value is -2.13. The van der Waals surface area contributed by atoms with Crippen molar-refractivity contribution in [3.05, 3.63) is 59.1 Å². The van der Waals surface area contributed by atoms with Gasteiger partial charge < -0.3 is 4.98 Å². The smallest absolute Gasteiger partial charge is 0.141 e. The van der Waals surface area contributed by atoms with Gasteiger partial charge in [0, 0.05) is 11.9 Å². The number of aromatic amines is 1. The van der Waals surface area contributed by atoms with Gasteiger partial charge in [-0.2, -0.15) is 0 Å². The van der Waals surface area contributed by atoms with Crippen LogP contribution in [-0.2, 0) is 12.8 Å². The molecular formula is C18H16ClN3. The van der Waals surface area contributed by atoms with Gasteiger partial charge in [0.15, 0.2) is 0 Å². The van der Waals surface area contributed by atoms with E-state index in [-0.39, 0.29) is 0 Å². The van der Waals surface area contributed by atoms with E-state index in [1.807, 2.05) is 24.3 Å². The van der Waals surface area contributed by atoms with E-state index in [0.29, 0.717) is 5.15 Å². The molecule has 3 aromatic rings. The topological polar surface area (TPSA) is 41.6 Å². The first-order chi connectivity index (χ1) is 10.8. The van der Waals surface area contributed by atoms with Crippen LogP contribution in [0.5, 0.6) is 0 Å². The first-order valence-corrected chi connectivity index (χ1v) is 7.99. The zero-order valence-corrected chi connectivity index (χ0v) is 12.9. The zero-order valence-electron chi connectivity index (χ0n) is 12.1. The maximum Gasteiger partial charge on any atom is 0.141 e. The first kappa shape index (κ1) is 13.5. The Bertz CT molecular complexity index is 785. The Balaban J connectivity index is 1.89. The molecule has 4 heteroatoms. The van der Waals surface area contributed by atoms with Crippen LogP contribution in [0.25, 0.3) is 22.5 Å². The third-order valence-corrected chi connectivity index (χ3v) is 4.47. The van der Waals surface area contributed by atoms with Gasteiger partial charge in [0.2, 0.25) is 0 Å². The van der Waals surface area contributed by atoms with Crippen LogP contribution in [0, 0.1) is 0 Å². The number of nitrogens with zero attached hydrogens (tertiary/aromatic N) is 2. The lowest BCUT2D eigenvalue weighted by atomic mass is 10.0. The van der Waals surface area contributed by atoms with Crippen molar-refractivity contribution in [3.8, 4) is 22.5 Å². The molecule has 0 aliphatic heterocycles. The predicted molar refractivity (Wildman–Crippen MR) is 88.9 cm³/mol. The fraction of sp³-hybridized carbons (Fsp3) is 0.222. The summed E-state index contributed by atoms with van der Waals surface area (Å²) in [6.07, 6.45) is 6.30. The number of nitrogens with one attached hydrogen (secondary N) is 1. The summed E-state index contributed by atoms with van der Waals surface area (Å²) in [7, 11) is 0. The Morgan fingerprint density at radius 3 is 2.64 bits per heavy atom. The summed E-state index contributed by atoms with van der Waals surface area (Å²) in [6.45, 7) is 0. The van der Waals surface area contributed by atoms with Crippen molar-refractivity contribution in [3.63, 3.8) is 0 Å². The fourth-order valence-electron chi connectivity index (χ4n) is 3.09. The van der Waals surface area contributed by atoms with E-state index in [1.54, 1.807) is 6.20 Å². The predicted octanol–water partition coefficient (Wildman–Crippen LogP) is 4.67. The number of halogens is 1. The fourth-order valence-corrected chi connectivity index (χ4v) is 3.34. The summed E-state index contributed by atoms with van der Waals surface area (Å²) in [5, 5.41) is 0.493. The zero-order chi connectivity index (χ0) is 14.9. The van der Waals surface area contributed by atoms with Gasteiger partial charge in [0.1, 0.15) is 11.0 Å².